The molecule has 0 bridgehead atoms. The molecule has 0 saturated heterocycles. The van der Waals surface area contributed by atoms with Crippen LogP contribution in [0.25, 0.3) is 0 Å². The van der Waals surface area contributed by atoms with Crippen LogP contribution in [0.3, 0.4) is 0 Å². The maximum Gasteiger partial charge on any atom is 0.228 e. The molecule has 0 aromatic carbocycles. The minimum Gasteiger partial charge on any atom is -0.310 e. The number of nitrogens with one attached hydrogen (secondary N) is 1. The Hall–Kier alpha value is -0.650. The number of hydrogen-bond donors (Lipinski definition) is 1. The Kier molecular flexibility index (Phi) is 4.50. The number of halogens is 1. The minimum atomic E-state index is 0.00563. The van der Waals surface area contributed by atoms with Crippen LogP contribution in [-0.4, -0.2) is 10.9 Å². The molecule has 3 nitrogen and oxygen atoms in total. The van der Waals surface area contributed by atoms with Gasteiger partial charge in [-0.25, -0.2) is 4.98 Å². The van der Waals surface area contributed by atoms with Gasteiger partial charge in [-0.05, 0) is 40.6 Å². The van der Waals surface area contributed by atoms with Gasteiger partial charge >= 0.3 is 0 Å². The quantitative estimate of drug-likeness (QED) is 0.871. The van der Waals surface area contributed by atoms with Crippen molar-refractivity contribution in [2.45, 2.75) is 20.8 Å². The fourth-order valence-corrected chi connectivity index (χ4v) is 1.31. The second kappa shape index (κ2) is 5.44. The second-order valence-corrected chi connectivity index (χ2v) is 5.13. The molecule has 0 aliphatic rings. The molecule has 1 aromatic rings. The number of rotatable bonds is 3. The number of anilines is 1. The fraction of sp³-hybridized carbons (Fsp3) is 0.455. The Morgan fingerprint density at radius 3 is 2.53 bits per heavy atom. The first-order chi connectivity index (χ1) is 7.00. The Bertz CT molecular complexity index is 335. The van der Waals surface area contributed by atoms with E-state index in [9.17, 15) is 4.79 Å². The molecule has 0 saturated carbocycles. The molecule has 15 heavy (non-hydrogen) atoms. The predicted octanol–water partition coefficient (Wildman–Crippen LogP) is 2.92. The van der Waals surface area contributed by atoms with Crippen LogP contribution in [0.1, 0.15) is 20.8 Å². The summed E-state index contributed by atoms with van der Waals surface area (Å²) in [6.07, 6.45) is 1.73. The van der Waals surface area contributed by atoms with Crippen molar-refractivity contribution in [2.24, 2.45) is 11.8 Å². The molecule has 1 N–H and O–H groups in total. The van der Waals surface area contributed by atoms with Gasteiger partial charge in [-0.3, -0.25) is 4.79 Å². The smallest absolute Gasteiger partial charge is 0.228 e. The predicted molar refractivity (Wildman–Crippen MR) is 69.6 cm³/mol. The molecule has 0 spiro atoms. The summed E-state index contributed by atoms with van der Waals surface area (Å²) in [7, 11) is 0. The van der Waals surface area contributed by atoms with Gasteiger partial charge in [0.1, 0.15) is 5.82 Å². The Balaban J connectivity index is 2.62. The molecule has 1 heterocycles. The molecule has 1 amide bonds. The molecule has 1 rings (SSSR count). The molecule has 82 valence electrons. The average molecular weight is 318 g/mol. The third-order valence-electron chi connectivity index (χ3n) is 2.39. The lowest BCUT2D eigenvalue weighted by molar-refractivity contribution is -0.120. The number of pyridine rings is 1. The second-order valence-electron chi connectivity index (χ2n) is 3.88. The monoisotopic (exact) mass is 318 g/mol. The van der Waals surface area contributed by atoms with Gasteiger partial charge in [-0.1, -0.05) is 20.8 Å². The molecule has 0 aliphatic heterocycles. The first-order valence-electron chi connectivity index (χ1n) is 4.93. The van der Waals surface area contributed by atoms with E-state index in [-0.39, 0.29) is 11.8 Å². The summed E-state index contributed by atoms with van der Waals surface area (Å²) in [5.41, 5.74) is 0. The lowest BCUT2D eigenvalue weighted by atomic mass is 9.97. The summed E-state index contributed by atoms with van der Waals surface area (Å²) in [6, 6.07) is 3.73. The van der Waals surface area contributed by atoms with Crippen LogP contribution in [0.5, 0.6) is 0 Å². The maximum atomic E-state index is 11.7. The summed E-state index contributed by atoms with van der Waals surface area (Å²) in [4.78, 5) is 15.8. The van der Waals surface area contributed by atoms with Gasteiger partial charge in [0.2, 0.25) is 5.91 Å². The van der Waals surface area contributed by atoms with Gasteiger partial charge < -0.3 is 5.32 Å². The first kappa shape index (κ1) is 12.4. The summed E-state index contributed by atoms with van der Waals surface area (Å²) < 4.78 is 1.06. The van der Waals surface area contributed by atoms with E-state index in [0.29, 0.717) is 11.7 Å². The van der Waals surface area contributed by atoms with Crippen molar-refractivity contribution >= 4 is 34.3 Å². The Morgan fingerprint density at radius 1 is 1.40 bits per heavy atom. The van der Waals surface area contributed by atoms with E-state index < -0.39 is 0 Å². The van der Waals surface area contributed by atoms with Crippen LogP contribution >= 0.6 is 22.6 Å². The van der Waals surface area contributed by atoms with E-state index in [2.05, 4.69) is 32.9 Å². The highest BCUT2D eigenvalue weighted by molar-refractivity contribution is 14.1. The minimum absolute atomic E-state index is 0.00563. The third kappa shape index (κ3) is 3.77. The summed E-state index contributed by atoms with van der Waals surface area (Å²) in [5, 5.41) is 2.80. The third-order valence-corrected chi connectivity index (χ3v) is 3.03. The van der Waals surface area contributed by atoms with Crippen LogP contribution in [0.15, 0.2) is 18.3 Å². The number of aromatic nitrogens is 1. The first-order valence-corrected chi connectivity index (χ1v) is 6.01. The van der Waals surface area contributed by atoms with Crippen molar-refractivity contribution in [1.29, 1.82) is 0 Å². The molecular formula is C11H15IN2O. The molecular weight excluding hydrogens is 303 g/mol. The number of carbonyl (C=O) groups excluding carboxylic acids is 1. The standard InChI is InChI=1S/C11H15IN2O/c1-7(2)8(3)11(15)14-10-5-4-9(12)6-13-10/h4-8H,1-3H3,(H,13,14,15). The summed E-state index contributed by atoms with van der Waals surface area (Å²) in [6.45, 7) is 5.99. The van der Waals surface area contributed by atoms with Gasteiger partial charge in [0.25, 0.3) is 0 Å². The van der Waals surface area contributed by atoms with Crippen LogP contribution in [0.4, 0.5) is 5.82 Å². The molecule has 4 heteroatoms. The van der Waals surface area contributed by atoms with Gasteiger partial charge in [0.05, 0.1) is 0 Å². The van der Waals surface area contributed by atoms with Crippen molar-refractivity contribution in [3.63, 3.8) is 0 Å². The topological polar surface area (TPSA) is 42.0 Å². The molecule has 0 radical (unpaired) electrons. The molecule has 1 aromatic heterocycles. The van der Waals surface area contributed by atoms with E-state index >= 15 is 0 Å². The Morgan fingerprint density at radius 2 is 2.07 bits per heavy atom. The number of carbonyl (C=O) groups is 1. The van der Waals surface area contributed by atoms with E-state index in [1.165, 1.54) is 0 Å². The fourth-order valence-electron chi connectivity index (χ4n) is 0.993. The van der Waals surface area contributed by atoms with Crippen LogP contribution in [0, 0.1) is 15.4 Å². The van der Waals surface area contributed by atoms with Gasteiger partial charge in [-0.15, -0.1) is 0 Å². The van der Waals surface area contributed by atoms with Gasteiger partial charge in [0, 0.05) is 15.7 Å². The highest BCUT2D eigenvalue weighted by atomic mass is 127. The van der Waals surface area contributed by atoms with E-state index in [4.69, 9.17) is 0 Å². The average Bonchev–Trinajstić information content (AvgIpc) is 2.20. The van der Waals surface area contributed by atoms with E-state index in [0.717, 1.165) is 3.57 Å². The largest absolute Gasteiger partial charge is 0.310 e. The molecule has 0 fully saturated rings. The van der Waals surface area contributed by atoms with Crippen molar-refractivity contribution in [3.8, 4) is 0 Å². The zero-order valence-corrected chi connectivity index (χ0v) is 11.3. The lowest BCUT2D eigenvalue weighted by Gasteiger charge is -2.14. The summed E-state index contributed by atoms with van der Waals surface area (Å²) >= 11 is 2.18. The van der Waals surface area contributed by atoms with E-state index in [1.54, 1.807) is 6.20 Å². The number of amides is 1. The van der Waals surface area contributed by atoms with Crippen molar-refractivity contribution in [2.75, 3.05) is 5.32 Å². The molecule has 1 unspecified atom stereocenters. The van der Waals surface area contributed by atoms with Crippen molar-refractivity contribution in [1.82, 2.24) is 4.98 Å². The molecule has 1 atom stereocenters. The normalized spacial score (nSPS) is 12.6. The van der Waals surface area contributed by atoms with E-state index in [1.807, 2.05) is 32.9 Å². The van der Waals surface area contributed by atoms with Crippen LogP contribution in [-0.2, 0) is 4.79 Å². The number of hydrogen-bond acceptors (Lipinski definition) is 2. The zero-order chi connectivity index (χ0) is 11.4. The lowest BCUT2D eigenvalue weighted by Crippen LogP contribution is -2.24. The SMILES string of the molecule is CC(C)C(C)C(=O)Nc1ccc(I)cn1. The van der Waals surface area contributed by atoms with Gasteiger partial charge in [0.15, 0.2) is 0 Å². The van der Waals surface area contributed by atoms with Crippen molar-refractivity contribution in [3.05, 3.63) is 21.9 Å². The summed E-state index contributed by atoms with van der Waals surface area (Å²) in [5.74, 6) is 0.992. The maximum absolute atomic E-state index is 11.7. The van der Waals surface area contributed by atoms with Crippen LogP contribution < -0.4 is 5.32 Å². The zero-order valence-electron chi connectivity index (χ0n) is 9.12. The highest BCUT2D eigenvalue weighted by Gasteiger charge is 2.16. The van der Waals surface area contributed by atoms with Crippen LogP contribution in [0.2, 0.25) is 0 Å². The highest BCUT2D eigenvalue weighted by Crippen LogP contribution is 2.13. The number of nitrogens with zero attached hydrogens (tertiary/aromatic N) is 1. The Labute approximate surface area is 104 Å². The van der Waals surface area contributed by atoms with Crippen molar-refractivity contribution < 1.29 is 4.79 Å². The van der Waals surface area contributed by atoms with Gasteiger partial charge in [-0.2, -0.15) is 0 Å². The molecule has 0 aliphatic carbocycles.